The molecule has 2 N–H and O–H groups in total. The van der Waals surface area contributed by atoms with Crippen molar-refractivity contribution in [3.05, 3.63) is 0 Å². The standard InChI is InChI=1S/C19H36N4O3/c1-6-19(7-2)15(11-16(19)25-5)22-18(21-13-17(24)23(3)4)20-12-14-9-8-10-26-14/h14-16H,6-13H2,1-5H3,(H2,20,21,22). The Labute approximate surface area is 157 Å². The van der Waals surface area contributed by atoms with Gasteiger partial charge in [-0.1, -0.05) is 13.8 Å². The number of hydrogen-bond donors (Lipinski definition) is 2. The van der Waals surface area contributed by atoms with Crippen molar-refractivity contribution in [1.29, 1.82) is 0 Å². The molecule has 1 heterocycles. The van der Waals surface area contributed by atoms with Gasteiger partial charge < -0.3 is 25.0 Å². The number of amides is 1. The molecule has 0 bridgehead atoms. The minimum atomic E-state index is -0.0103. The van der Waals surface area contributed by atoms with Gasteiger partial charge in [-0.15, -0.1) is 0 Å². The molecule has 2 rings (SSSR count). The van der Waals surface area contributed by atoms with Crippen LogP contribution in [-0.4, -0.2) is 75.9 Å². The first-order valence-electron chi connectivity index (χ1n) is 9.86. The maximum atomic E-state index is 11.9. The number of carbonyl (C=O) groups is 1. The summed E-state index contributed by atoms with van der Waals surface area (Å²) in [6, 6.07) is 0.299. The van der Waals surface area contributed by atoms with Crippen LogP contribution in [0.5, 0.6) is 0 Å². The van der Waals surface area contributed by atoms with E-state index in [2.05, 4.69) is 29.5 Å². The second-order valence-electron chi connectivity index (χ2n) is 7.57. The van der Waals surface area contributed by atoms with Gasteiger partial charge in [0.05, 0.1) is 12.2 Å². The Balaban J connectivity index is 2.02. The number of ether oxygens (including phenoxy) is 2. The Morgan fingerprint density at radius 3 is 2.62 bits per heavy atom. The Hall–Kier alpha value is -1.34. The largest absolute Gasteiger partial charge is 0.381 e. The van der Waals surface area contributed by atoms with Crippen LogP contribution >= 0.6 is 0 Å². The maximum absolute atomic E-state index is 11.9. The molecule has 7 nitrogen and oxygen atoms in total. The van der Waals surface area contributed by atoms with Gasteiger partial charge in [0.25, 0.3) is 0 Å². The van der Waals surface area contributed by atoms with Crippen LogP contribution in [0.1, 0.15) is 46.0 Å². The molecule has 7 heteroatoms. The highest BCUT2D eigenvalue weighted by molar-refractivity contribution is 5.85. The van der Waals surface area contributed by atoms with Crippen LogP contribution in [0.3, 0.4) is 0 Å². The number of aliphatic imine (C=N–C) groups is 1. The second kappa shape index (κ2) is 9.55. The molecule has 1 aliphatic heterocycles. The molecule has 2 aliphatic rings. The molecule has 26 heavy (non-hydrogen) atoms. The minimum absolute atomic E-state index is 0.0103. The lowest BCUT2D eigenvalue weighted by molar-refractivity contribution is -0.127. The van der Waals surface area contributed by atoms with Crippen molar-refractivity contribution in [3.63, 3.8) is 0 Å². The topological polar surface area (TPSA) is 75.2 Å². The molecule has 1 amide bonds. The minimum Gasteiger partial charge on any atom is -0.381 e. The van der Waals surface area contributed by atoms with Gasteiger partial charge in [-0.3, -0.25) is 4.79 Å². The average Bonchev–Trinajstić information content (AvgIpc) is 3.14. The molecule has 0 aromatic heterocycles. The molecule has 1 saturated carbocycles. The molecular formula is C19H36N4O3. The third-order valence-electron chi connectivity index (χ3n) is 6.09. The summed E-state index contributed by atoms with van der Waals surface area (Å²) >= 11 is 0. The lowest BCUT2D eigenvalue weighted by Crippen LogP contribution is -2.65. The Kier molecular flexibility index (Phi) is 7.70. The van der Waals surface area contributed by atoms with E-state index in [1.165, 1.54) is 0 Å². The summed E-state index contributed by atoms with van der Waals surface area (Å²) in [5.41, 5.74) is 0.118. The fourth-order valence-corrected chi connectivity index (χ4v) is 4.10. The van der Waals surface area contributed by atoms with Crippen molar-refractivity contribution in [2.75, 3.05) is 40.9 Å². The first-order valence-corrected chi connectivity index (χ1v) is 9.86. The summed E-state index contributed by atoms with van der Waals surface area (Å²) in [6.45, 7) is 6.12. The van der Waals surface area contributed by atoms with Gasteiger partial charge in [-0.25, -0.2) is 4.99 Å². The molecule has 2 fully saturated rings. The highest BCUT2D eigenvalue weighted by Gasteiger charge is 2.53. The van der Waals surface area contributed by atoms with Crippen LogP contribution < -0.4 is 10.6 Å². The summed E-state index contributed by atoms with van der Waals surface area (Å²) in [7, 11) is 5.29. The molecule has 150 valence electrons. The molecule has 1 aliphatic carbocycles. The van der Waals surface area contributed by atoms with Gasteiger partial charge in [-0.05, 0) is 32.1 Å². The smallest absolute Gasteiger partial charge is 0.243 e. The Bertz CT molecular complexity index is 485. The van der Waals surface area contributed by atoms with E-state index in [-0.39, 0.29) is 30.1 Å². The van der Waals surface area contributed by atoms with E-state index in [9.17, 15) is 4.79 Å². The number of nitrogens with one attached hydrogen (secondary N) is 2. The van der Waals surface area contributed by atoms with E-state index in [1.54, 1.807) is 26.1 Å². The number of hydrogen-bond acceptors (Lipinski definition) is 4. The lowest BCUT2D eigenvalue weighted by atomic mass is 9.58. The van der Waals surface area contributed by atoms with E-state index in [0.29, 0.717) is 18.5 Å². The van der Waals surface area contributed by atoms with E-state index in [4.69, 9.17) is 9.47 Å². The van der Waals surface area contributed by atoms with Crippen LogP contribution in [0.15, 0.2) is 4.99 Å². The van der Waals surface area contributed by atoms with Crippen molar-refractivity contribution in [2.45, 2.75) is 64.2 Å². The molecule has 3 unspecified atom stereocenters. The number of likely N-dealkylation sites (N-methyl/N-ethyl adjacent to an activating group) is 1. The van der Waals surface area contributed by atoms with Crippen LogP contribution in [0, 0.1) is 5.41 Å². The number of guanidine groups is 1. The average molecular weight is 369 g/mol. The van der Waals surface area contributed by atoms with Crippen molar-refractivity contribution in [1.82, 2.24) is 15.5 Å². The molecular weight excluding hydrogens is 332 g/mol. The van der Waals surface area contributed by atoms with Crippen LogP contribution in [-0.2, 0) is 14.3 Å². The van der Waals surface area contributed by atoms with Crippen LogP contribution in [0.2, 0.25) is 0 Å². The van der Waals surface area contributed by atoms with E-state index in [0.717, 1.165) is 38.7 Å². The van der Waals surface area contributed by atoms with Crippen molar-refractivity contribution < 1.29 is 14.3 Å². The zero-order valence-corrected chi connectivity index (χ0v) is 17.0. The predicted molar refractivity (Wildman–Crippen MR) is 103 cm³/mol. The van der Waals surface area contributed by atoms with Gasteiger partial charge in [0.1, 0.15) is 6.54 Å². The van der Waals surface area contributed by atoms with E-state index >= 15 is 0 Å². The molecule has 0 spiro atoms. The first kappa shape index (κ1) is 21.0. The summed E-state index contributed by atoms with van der Waals surface area (Å²) in [5, 5.41) is 6.94. The Morgan fingerprint density at radius 1 is 1.35 bits per heavy atom. The highest BCUT2D eigenvalue weighted by Crippen LogP contribution is 2.48. The van der Waals surface area contributed by atoms with Gasteiger partial charge in [0, 0.05) is 45.8 Å². The van der Waals surface area contributed by atoms with Gasteiger partial charge in [0.15, 0.2) is 5.96 Å². The molecule has 0 aromatic carbocycles. The lowest BCUT2D eigenvalue weighted by Gasteiger charge is -2.55. The molecule has 0 radical (unpaired) electrons. The van der Waals surface area contributed by atoms with Gasteiger partial charge >= 0.3 is 0 Å². The van der Waals surface area contributed by atoms with E-state index in [1.807, 2.05) is 0 Å². The van der Waals surface area contributed by atoms with Gasteiger partial charge in [0.2, 0.25) is 5.91 Å². The van der Waals surface area contributed by atoms with Crippen molar-refractivity contribution in [3.8, 4) is 0 Å². The predicted octanol–water partition coefficient (Wildman–Crippen LogP) is 1.38. The second-order valence-corrected chi connectivity index (χ2v) is 7.57. The molecule has 1 saturated heterocycles. The summed E-state index contributed by atoms with van der Waals surface area (Å²) in [4.78, 5) is 18.0. The summed E-state index contributed by atoms with van der Waals surface area (Å²) in [5.74, 6) is 0.686. The monoisotopic (exact) mass is 368 g/mol. The SMILES string of the molecule is CCC1(CC)C(NC(=NCC(=O)N(C)C)NCC2CCCO2)CC1OC. The Morgan fingerprint density at radius 2 is 2.08 bits per heavy atom. The quantitative estimate of drug-likeness (QED) is 0.500. The highest BCUT2D eigenvalue weighted by atomic mass is 16.5. The third kappa shape index (κ3) is 4.68. The fourth-order valence-electron chi connectivity index (χ4n) is 4.10. The van der Waals surface area contributed by atoms with Crippen LogP contribution in [0.4, 0.5) is 0 Å². The van der Waals surface area contributed by atoms with E-state index < -0.39 is 0 Å². The van der Waals surface area contributed by atoms with Gasteiger partial charge in [-0.2, -0.15) is 0 Å². The number of nitrogens with zero attached hydrogens (tertiary/aromatic N) is 2. The maximum Gasteiger partial charge on any atom is 0.243 e. The fraction of sp³-hybridized carbons (Fsp3) is 0.895. The number of carbonyl (C=O) groups excluding carboxylic acids is 1. The summed E-state index contributed by atoms with van der Waals surface area (Å²) < 4.78 is 11.4. The zero-order valence-electron chi connectivity index (χ0n) is 17.0. The number of rotatable bonds is 8. The number of methoxy groups -OCH3 is 1. The molecule has 0 aromatic rings. The molecule has 3 atom stereocenters. The van der Waals surface area contributed by atoms with Crippen molar-refractivity contribution in [2.24, 2.45) is 10.4 Å². The normalized spacial score (nSPS) is 27.7. The zero-order chi connectivity index (χ0) is 19.2. The first-order chi connectivity index (χ1) is 12.5. The summed E-state index contributed by atoms with van der Waals surface area (Å²) in [6.07, 6.45) is 5.74. The third-order valence-corrected chi connectivity index (χ3v) is 6.09. The van der Waals surface area contributed by atoms with Crippen LogP contribution in [0.25, 0.3) is 0 Å². The van der Waals surface area contributed by atoms with Crippen molar-refractivity contribution >= 4 is 11.9 Å².